The van der Waals surface area contributed by atoms with Gasteiger partial charge in [0, 0.05) is 0 Å². The van der Waals surface area contributed by atoms with Gasteiger partial charge in [-0.25, -0.2) is 0 Å². The summed E-state index contributed by atoms with van der Waals surface area (Å²) in [6.07, 6.45) is 7.17. The monoisotopic (exact) mass is 353 g/mol. The third kappa shape index (κ3) is 20.5. The largest absolute Gasteiger partial charge is 0.480 e. The zero-order chi connectivity index (χ0) is 12.9. The van der Waals surface area contributed by atoms with Crippen LogP contribution in [0.1, 0.15) is 44.9 Å². The van der Waals surface area contributed by atoms with Crippen molar-refractivity contribution in [2.24, 2.45) is 11.5 Å². The normalized spacial score (nSPS) is 10.7. The Balaban J connectivity index is -0.000000427. The summed E-state index contributed by atoms with van der Waals surface area (Å²) >= 11 is 0. The van der Waals surface area contributed by atoms with Crippen LogP contribution in [-0.4, -0.2) is 36.8 Å². The van der Waals surface area contributed by atoms with Crippen molar-refractivity contribution in [1.82, 2.24) is 5.32 Å². The first-order valence-corrected chi connectivity index (χ1v) is 6.57. The lowest BCUT2D eigenvalue weighted by atomic mass is 10.1. The maximum absolute atomic E-state index is 10.4. The lowest BCUT2D eigenvalue weighted by Gasteiger charge is -2.07. The number of nitrogens with two attached hydrogens (primary N) is 2. The molecule has 0 bridgehead atoms. The predicted octanol–water partition coefficient (Wildman–Crippen LogP) is 1.94. The van der Waals surface area contributed by atoms with Gasteiger partial charge >= 0.3 is 5.97 Å². The number of carboxylic acid groups (broad SMARTS) is 1. The Labute approximate surface area is 140 Å². The Morgan fingerprint density at radius 1 is 0.950 bits per heavy atom. The predicted molar refractivity (Wildman–Crippen MR) is 91.6 cm³/mol. The minimum atomic E-state index is -0.905. The second kappa shape index (κ2) is 21.5. The molecule has 0 aliphatic rings. The maximum atomic E-state index is 10.4. The highest BCUT2D eigenvalue weighted by atomic mass is 35.5. The Hall–Kier alpha value is 0.220. The van der Waals surface area contributed by atoms with E-state index in [0.29, 0.717) is 6.42 Å². The summed E-state index contributed by atoms with van der Waals surface area (Å²) < 4.78 is 0. The number of rotatable bonds is 12. The van der Waals surface area contributed by atoms with E-state index in [1.54, 1.807) is 0 Å². The van der Waals surface area contributed by atoms with Crippen molar-refractivity contribution in [2.45, 2.75) is 51.0 Å². The fourth-order valence-electron chi connectivity index (χ4n) is 1.61. The Morgan fingerprint density at radius 3 is 1.95 bits per heavy atom. The highest BCUT2D eigenvalue weighted by Crippen LogP contribution is 1.99. The third-order valence-corrected chi connectivity index (χ3v) is 2.74. The van der Waals surface area contributed by atoms with Gasteiger partial charge < -0.3 is 21.9 Å². The van der Waals surface area contributed by atoms with Gasteiger partial charge in [0.05, 0.1) is 0 Å². The molecule has 5 nitrogen and oxygen atoms in total. The fraction of sp³-hybridized carbons (Fsp3) is 0.917. The molecule has 0 radical (unpaired) electrons. The minimum Gasteiger partial charge on any atom is -0.480 e. The SMILES string of the molecule is Cl.Cl.Cl.NCCCCCCNCCCCC(N)C(=O)O. The molecular formula is C12H30Cl3N3O2. The number of aliphatic carboxylic acids is 1. The van der Waals surface area contributed by atoms with Crippen LogP contribution in [-0.2, 0) is 4.79 Å². The molecule has 0 aliphatic heterocycles. The highest BCUT2D eigenvalue weighted by molar-refractivity contribution is 5.86. The van der Waals surface area contributed by atoms with Gasteiger partial charge in [-0.1, -0.05) is 19.3 Å². The van der Waals surface area contributed by atoms with Gasteiger partial charge in [0.25, 0.3) is 0 Å². The van der Waals surface area contributed by atoms with E-state index in [9.17, 15) is 4.79 Å². The van der Waals surface area contributed by atoms with Gasteiger partial charge in [0.1, 0.15) is 6.04 Å². The van der Waals surface area contributed by atoms with Gasteiger partial charge in [0.2, 0.25) is 0 Å². The molecule has 1 atom stereocenters. The molecule has 0 aromatic carbocycles. The van der Waals surface area contributed by atoms with E-state index in [0.717, 1.165) is 38.9 Å². The molecule has 8 heteroatoms. The van der Waals surface area contributed by atoms with E-state index >= 15 is 0 Å². The van der Waals surface area contributed by atoms with Crippen LogP contribution >= 0.6 is 37.2 Å². The molecule has 1 unspecified atom stereocenters. The van der Waals surface area contributed by atoms with Crippen molar-refractivity contribution in [2.75, 3.05) is 19.6 Å². The van der Waals surface area contributed by atoms with Gasteiger partial charge in [-0.3, -0.25) is 4.79 Å². The summed E-state index contributed by atoms with van der Waals surface area (Å²) in [4.78, 5) is 10.4. The molecule has 0 aliphatic carbocycles. The van der Waals surface area contributed by atoms with Crippen LogP contribution < -0.4 is 16.8 Å². The summed E-state index contributed by atoms with van der Waals surface area (Å²) in [5, 5.41) is 11.9. The van der Waals surface area contributed by atoms with Crippen LogP contribution in [0.2, 0.25) is 0 Å². The van der Waals surface area contributed by atoms with Gasteiger partial charge in [-0.05, 0) is 45.3 Å². The molecule has 126 valence electrons. The van der Waals surface area contributed by atoms with Crippen molar-refractivity contribution in [3.05, 3.63) is 0 Å². The fourth-order valence-corrected chi connectivity index (χ4v) is 1.61. The van der Waals surface area contributed by atoms with Crippen LogP contribution in [0.4, 0.5) is 0 Å². The second-order valence-electron chi connectivity index (χ2n) is 4.39. The Morgan fingerprint density at radius 2 is 1.45 bits per heavy atom. The molecule has 20 heavy (non-hydrogen) atoms. The molecule has 0 aromatic rings. The summed E-state index contributed by atoms with van der Waals surface area (Å²) in [6, 6.07) is -0.703. The van der Waals surface area contributed by atoms with E-state index in [1.807, 2.05) is 0 Å². The smallest absolute Gasteiger partial charge is 0.320 e. The minimum absolute atomic E-state index is 0. The van der Waals surface area contributed by atoms with Gasteiger partial charge in [-0.2, -0.15) is 0 Å². The Kier molecular flexibility index (Phi) is 30.5. The zero-order valence-corrected chi connectivity index (χ0v) is 14.3. The maximum Gasteiger partial charge on any atom is 0.320 e. The number of unbranched alkanes of at least 4 members (excludes halogenated alkanes) is 4. The summed E-state index contributed by atoms with van der Waals surface area (Å²) in [6.45, 7) is 2.77. The topological polar surface area (TPSA) is 101 Å². The van der Waals surface area contributed by atoms with E-state index in [-0.39, 0.29) is 37.2 Å². The number of hydrogen-bond acceptors (Lipinski definition) is 4. The highest BCUT2D eigenvalue weighted by Gasteiger charge is 2.09. The molecule has 6 N–H and O–H groups in total. The van der Waals surface area contributed by atoms with Crippen LogP contribution in [0, 0.1) is 0 Å². The molecule has 0 heterocycles. The van der Waals surface area contributed by atoms with Crippen molar-refractivity contribution in [3.63, 3.8) is 0 Å². The first kappa shape index (κ1) is 28.4. The van der Waals surface area contributed by atoms with Crippen molar-refractivity contribution < 1.29 is 9.90 Å². The molecular weight excluding hydrogens is 325 g/mol. The van der Waals surface area contributed by atoms with Crippen molar-refractivity contribution >= 4 is 43.2 Å². The van der Waals surface area contributed by atoms with Crippen LogP contribution in [0.5, 0.6) is 0 Å². The zero-order valence-electron chi connectivity index (χ0n) is 11.9. The summed E-state index contributed by atoms with van der Waals surface area (Å²) in [5.74, 6) is -0.905. The average Bonchev–Trinajstić information content (AvgIpc) is 2.31. The molecule has 0 saturated carbocycles. The molecule has 0 amide bonds. The van der Waals surface area contributed by atoms with E-state index < -0.39 is 12.0 Å². The van der Waals surface area contributed by atoms with Gasteiger partial charge in [-0.15, -0.1) is 37.2 Å². The van der Waals surface area contributed by atoms with E-state index in [4.69, 9.17) is 16.6 Å². The van der Waals surface area contributed by atoms with Crippen LogP contribution in [0.25, 0.3) is 0 Å². The summed E-state index contributed by atoms with van der Waals surface area (Å²) in [7, 11) is 0. The van der Waals surface area contributed by atoms with Crippen LogP contribution in [0.3, 0.4) is 0 Å². The molecule has 0 spiro atoms. The number of hydrogen-bond donors (Lipinski definition) is 4. The lowest BCUT2D eigenvalue weighted by Crippen LogP contribution is -2.30. The number of halogens is 3. The van der Waals surface area contributed by atoms with Crippen molar-refractivity contribution in [1.29, 1.82) is 0 Å². The number of nitrogens with one attached hydrogen (secondary N) is 1. The van der Waals surface area contributed by atoms with Crippen LogP contribution in [0.15, 0.2) is 0 Å². The van der Waals surface area contributed by atoms with E-state index in [2.05, 4.69) is 5.32 Å². The lowest BCUT2D eigenvalue weighted by molar-refractivity contribution is -0.138. The Bertz CT molecular complexity index is 201. The number of carboxylic acids is 1. The second-order valence-corrected chi connectivity index (χ2v) is 4.39. The molecule has 0 fully saturated rings. The third-order valence-electron chi connectivity index (χ3n) is 2.74. The average molecular weight is 355 g/mol. The van der Waals surface area contributed by atoms with Crippen molar-refractivity contribution in [3.8, 4) is 0 Å². The van der Waals surface area contributed by atoms with E-state index in [1.165, 1.54) is 19.3 Å². The first-order chi connectivity index (χ1) is 8.18. The first-order valence-electron chi connectivity index (χ1n) is 6.57. The standard InChI is InChI=1S/C12H27N3O2.3ClH/c13-8-4-1-2-5-9-15-10-6-3-7-11(14)12(16)17;;;/h11,15H,1-10,13-14H2,(H,16,17);3*1H. The molecule has 0 saturated heterocycles. The quantitative estimate of drug-likeness (QED) is 0.401. The molecule has 0 aromatic heterocycles. The summed E-state index contributed by atoms with van der Waals surface area (Å²) in [5.41, 5.74) is 10.8. The molecule has 0 rings (SSSR count). The number of carbonyl (C=O) groups is 1. The van der Waals surface area contributed by atoms with Gasteiger partial charge in [0.15, 0.2) is 0 Å².